The number of hydrogen-bond donors (Lipinski definition) is 1. The van der Waals surface area contributed by atoms with Gasteiger partial charge in [0.25, 0.3) is 0 Å². The molecule has 0 saturated heterocycles. The number of hydrogen-bond acceptors (Lipinski definition) is 4. The topological polar surface area (TPSA) is 55.8 Å². The molecule has 1 N–H and O–H groups in total. The highest BCUT2D eigenvalue weighted by molar-refractivity contribution is 5.94. The van der Waals surface area contributed by atoms with Crippen molar-refractivity contribution in [1.29, 1.82) is 0 Å². The molecule has 0 unspecified atom stereocenters. The first-order valence-corrected chi connectivity index (χ1v) is 8.24. The molecule has 1 aromatic rings. The van der Waals surface area contributed by atoms with Gasteiger partial charge in [-0.15, -0.1) is 0 Å². The van der Waals surface area contributed by atoms with Crippen molar-refractivity contribution in [1.82, 2.24) is 0 Å². The molecule has 1 atom stereocenters. The van der Waals surface area contributed by atoms with E-state index in [1.54, 1.807) is 13.2 Å². The summed E-state index contributed by atoms with van der Waals surface area (Å²) in [6.45, 7) is 0.0384. The van der Waals surface area contributed by atoms with Gasteiger partial charge in [0, 0.05) is 13.0 Å². The van der Waals surface area contributed by atoms with Crippen LogP contribution >= 0.6 is 0 Å². The minimum atomic E-state index is -0.327. The van der Waals surface area contributed by atoms with Gasteiger partial charge >= 0.3 is 5.97 Å². The van der Waals surface area contributed by atoms with E-state index in [0.29, 0.717) is 17.7 Å². The molecule has 0 amide bonds. The van der Waals surface area contributed by atoms with Crippen molar-refractivity contribution in [2.24, 2.45) is 0 Å². The average molecular weight is 306 g/mol. The van der Waals surface area contributed by atoms with E-state index in [4.69, 9.17) is 9.47 Å². The smallest absolute Gasteiger partial charge is 0.342 e. The summed E-state index contributed by atoms with van der Waals surface area (Å²) in [7, 11) is 1.57. The fraction of sp³-hybridized carbons (Fsp3) is 0.611. The maximum Gasteiger partial charge on any atom is 0.342 e. The standard InChI is InChI=1S/C18H26O4/c1-21-16-11-7-9-14-8-5-3-2-4-6-10-15(12-13-19)22-18(20)17(14)16/h7,9,11,15,19H,2-6,8,10,12-13H2,1H3/t15-/m1/s1. The van der Waals surface area contributed by atoms with Crippen LogP contribution in [0, 0.1) is 0 Å². The summed E-state index contributed by atoms with van der Waals surface area (Å²) in [5.74, 6) is 0.244. The van der Waals surface area contributed by atoms with Crippen molar-refractivity contribution in [2.45, 2.75) is 57.5 Å². The third kappa shape index (κ3) is 4.47. The van der Waals surface area contributed by atoms with Crippen molar-refractivity contribution in [3.63, 3.8) is 0 Å². The highest BCUT2D eigenvalue weighted by atomic mass is 16.5. The van der Waals surface area contributed by atoms with Crippen molar-refractivity contribution >= 4 is 5.97 Å². The second-order valence-electron chi connectivity index (χ2n) is 5.84. The molecule has 0 fully saturated rings. The summed E-state index contributed by atoms with van der Waals surface area (Å²) in [5.41, 5.74) is 1.54. The molecule has 22 heavy (non-hydrogen) atoms. The lowest BCUT2D eigenvalue weighted by atomic mass is 9.98. The molecule has 0 saturated carbocycles. The molecule has 1 aliphatic rings. The number of aliphatic hydroxyl groups is 1. The maximum absolute atomic E-state index is 12.6. The quantitative estimate of drug-likeness (QED) is 0.868. The van der Waals surface area contributed by atoms with Crippen molar-refractivity contribution < 1.29 is 19.4 Å². The minimum Gasteiger partial charge on any atom is -0.496 e. The third-order valence-electron chi connectivity index (χ3n) is 4.23. The lowest BCUT2D eigenvalue weighted by Crippen LogP contribution is -2.21. The van der Waals surface area contributed by atoms with Gasteiger partial charge in [-0.3, -0.25) is 0 Å². The number of fused-ring (bicyclic) bond motifs is 1. The van der Waals surface area contributed by atoms with E-state index in [0.717, 1.165) is 37.7 Å². The van der Waals surface area contributed by atoms with Crippen LogP contribution in [0.3, 0.4) is 0 Å². The lowest BCUT2D eigenvalue weighted by molar-refractivity contribution is 0.0209. The van der Waals surface area contributed by atoms with Gasteiger partial charge in [0.2, 0.25) is 0 Å². The monoisotopic (exact) mass is 306 g/mol. The molecule has 4 nitrogen and oxygen atoms in total. The number of aryl methyl sites for hydroxylation is 1. The van der Waals surface area contributed by atoms with Gasteiger partial charge in [0.05, 0.1) is 7.11 Å². The third-order valence-corrected chi connectivity index (χ3v) is 4.23. The molecule has 1 heterocycles. The van der Waals surface area contributed by atoms with E-state index in [1.807, 2.05) is 12.1 Å². The summed E-state index contributed by atoms with van der Waals surface area (Å²) >= 11 is 0. The molecular formula is C18H26O4. The molecule has 122 valence electrons. The minimum absolute atomic E-state index is 0.0384. The zero-order valence-electron chi connectivity index (χ0n) is 13.3. The number of esters is 1. The lowest BCUT2D eigenvalue weighted by Gasteiger charge is -2.20. The molecule has 0 bridgehead atoms. The van der Waals surface area contributed by atoms with Crippen molar-refractivity contribution in [2.75, 3.05) is 13.7 Å². The zero-order valence-corrected chi connectivity index (χ0v) is 13.3. The Balaban J connectivity index is 2.27. The Kier molecular flexibility index (Phi) is 6.72. The van der Waals surface area contributed by atoms with E-state index < -0.39 is 0 Å². The zero-order chi connectivity index (χ0) is 15.8. The van der Waals surface area contributed by atoms with Crippen molar-refractivity contribution in [3.05, 3.63) is 29.3 Å². The number of rotatable bonds is 3. The number of benzene rings is 1. The SMILES string of the molecule is COc1cccc2c1C(=O)O[C@@H](CCO)CCCCCCC2. The summed E-state index contributed by atoms with van der Waals surface area (Å²) in [5, 5.41) is 9.17. The van der Waals surface area contributed by atoms with E-state index in [1.165, 1.54) is 12.8 Å². The van der Waals surface area contributed by atoms with Crippen LogP contribution in [0.1, 0.15) is 60.9 Å². The van der Waals surface area contributed by atoms with Gasteiger partial charge in [-0.1, -0.05) is 31.4 Å². The van der Waals surface area contributed by atoms with Crippen LogP contribution in [-0.2, 0) is 11.2 Å². The molecule has 1 aliphatic heterocycles. The summed E-state index contributed by atoms with van der Waals surface area (Å²) < 4.78 is 11.0. The van der Waals surface area contributed by atoms with Crippen LogP contribution in [0.2, 0.25) is 0 Å². The second-order valence-corrected chi connectivity index (χ2v) is 5.84. The Bertz CT molecular complexity index is 484. The number of ether oxygens (including phenoxy) is 2. The fourth-order valence-corrected chi connectivity index (χ4v) is 3.02. The first-order chi connectivity index (χ1) is 10.8. The number of cyclic esters (lactones) is 1. The van der Waals surface area contributed by atoms with Gasteiger partial charge < -0.3 is 14.6 Å². The number of carbonyl (C=O) groups excluding carboxylic acids is 1. The van der Waals surface area contributed by atoms with E-state index in [-0.39, 0.29) is 18.7 Å². The number of carbonyl (C=O) groups is 1. The predicted molar refractivity (Wildman–Crippen MR) is 85.3 cm³/mol. The molecule has 0 spiro atoms. The first-order valence-electron chi connectivity index (χ1n) is 8.24. The molecular weight excluding hydrogens is 280 g/mol. The van der Waals surface area contributed by atoms with E-state index in [2.05, 4.69) is 0 Å². The Morgan fingerprint density at radius 3 is 2.77 bits per heavy atom. The van der Waals surface area contributed by atoms with Gasteiger partial charge in [-0.2, -0.15) is 0 Å². The van der Waals surface area contributed by atoms with Crippen LogP contribution in [0.5, 0.6) is 5.75 Å². The van der Waals surface area contributed by atoms with Crippen LogP contribution < -0.4 is 4.74 Å². The van der Waals surface area contributed by atoms with Crippen LogP contribution in [0.25, 0.3) is 0 Å². The molecule has 0 aromatic heterocycles. The van der Waals surface area contributed by atoms with E-state index >= 15 is 0 Å². The average Bonchev–Trinajstić information content (AvgIpc) is 2.52. The Morgan fingerprint density at radius 2 is 2.00 bits per heavy atom. The molecule has 0 aliphatic carbocycles. The highest BCUT2D eigenvalue weighted by Gasteiger charge is 2.22. The Labute approximate surface area is 132 Å². The van der Waals surface area contributed by atoms with Gasteiger partial charge in [0.15, 0.2) is 0 Å². The molecule has 4 heteroatoms. The molecule has 2 rings (SSSR count). The van der Waals surface area contributed by atoms with Crippen LogP contribution in [0.15, 0.2) is 18.2 Å². The Hall–Kier alpha value is -1.55. The van der Waals surface area contributed by atoms with Crippen LogP contribution in [0.4, 0.5) is 0 Å². The summed E-state index contributed by atoms with van der Waals surface area (Å²) in [6, 6.07) is 5.70. The maximum atomic E-state index is 12.6. The Morgan fingerprint density at radius 1 is 1.23 bits per heavy atom. The molecule has 0 radical (unpaired) electrons. The van der Waals surface area contributed by atoms with Crippen molar-refractivity contribution in [3.8, 4) is 5.75 Å². The second kappa shape index (κ2) is 8.79. The fourth-order valence-electron chi connectivity index (χ4n) is 3.02. The summed E-state index contributed by atoms with van der Waals surface area (Å²) in [6.07, 6.45) is 7.62. The normalized spacial score (nSPS) is 20.3. The number of methoxy groups -OCH3 is 1. The van der Waals surface area contributed by atoms with Gasteiger partial charge in [0.1, 0.15) is 17.4 Å². The van der Waals surface area contributed by atoms with Gasteiger partial charge in [-0.25, -0.2) is 4.79 Å². The summed E-state index contributed by atoms with van der Waals surface area (Å²) in [4.78, 5) is 12.6. The molecule has 1 aromatic carbocycles. The predicted octanol–water partition coefficient (Wildman–Crippen LogP) is 3.50. The number of aliphatic hydroxyl groups excluding tert-OH is 1. The van der Waals surface area contributed by atoms with Crippen LogP contribution in [-0.4, -0.2) is 30.9 Å². The first kappa shape index (κ1) is 16.8. The van der Waals surface area contributed by atoms with E-state index in [9.17, 15) is 9.90 Å². The highest BCUT2D eigenvalue weighted by Crippen LogP contribution is 2.27. The largest absolute Gasteiger partial charge is 0.496 e. The van der Waals surface area contributed by atoms with Gasteiger partial charge in [-0.05, 0) is 37.3 Å².